The highest BCUT2D eigenvalue weighted by molar-refractivity contribution is 5.95. The van der Waals surface area contributed by atoms with Gasteiger partial charge in [0.25, 0.3) is 0 Å². The van der Waals surface area contributed by atoms with Crippen LogP contribution < -0.4 is 0 Å². The molecule has 0 saturated heterocycles. The topological polar surface area (TPSA) is 26.3 Å². The average Bonchev–Trinajstić information content (AvgIpc) is 2.74. The van der Waals surface area contributed by atoms with Gasteiger partial charge in [0.1, 0.15) is 0 Å². The van der Waals surface area contributed by atoms with Crippen molar-refractivity contribution < 1.29 is 9.53 Å². The molecular weight excluding hydrogens is 224 g/mol. The molecule has 2 heteroatoms. The van der Waals surface area contributed by atoms with Crippen molar-refractivity contribution in [3.05, 3.63) is 71.3 Å². The van der Waals surface area contributed by atoms with Crippen LogP contribution in [0.5, 0.6) is 0 Å². The predicted molar refractivity (Wildman–Crippen MR) is 69.4 cm³/mol. The lowest BCUT2D eigenvalue weighted by molar-refractivity contribution is 0.00917. The molecule has 1 aliphatic rings. The van der Waals surface area contributed by atoms with Crippen LogP contribution in [-0.2, 0) is 10.3 Å². The van der Waals surface area contributed by atoms with Gasteiger partial charge in [0.15, 0.2) is 5.60 Å². The van der Waals surface area contributed by atoms with Crippen molar-refractivity contribution in [3.8, 4) is 0 Å². The smallest absolute Gasteiger partial charge is 0.339 e. The van der Waals surface area contributed by atoms with E-state index < -0.39 is 5.60 Å². The molecule has 18 heavy (non-hydrogen) atoms. The molecule has 90 valence electrons. The quantitative estimate of drug-likeness (QED) is 0.748. The Morgan fingerprint density at radius 1 is 1.00 bits per heavy atom. The van der Waals surface area contributed by atoms with Crippen molar-refractivity contribution in [1.29, 1.82) is 0 Å². The Morgan fingerprint density at radius 2 is 1.67 bits per heavy atom. The molecule has 2 aromatic carbocycles. The van der Waals surface area contributed by atoms with Crippen LogP contribution in [0.2, 0.25) is 0 Å². The van der Waals surface area contributed by atoms with Gasteiger partial charge in [-0.1, -0.05) is 55.5 Å². The second kappa shape index (κ2) is 3.98. The first kappa shape index (κ1) is 11.0. The minimum Gasteiger partial charge on any atom is -0.446 e. The zero-order chi connectivity index (χ0) is 12.6. The summed E-state index contributed by atoms with van der Waals surface area (Å²) in [5, 5.41) is 0. The first-order valence-electron chi connectivity index (χ1n) is 6.16. The lowest BCUT2D eigenvalue weighted by Crippen LogP contribution is -2.26. The second-order valence-electron chi connectivity index (χ2n) is 4.48. The minimum absolute atomic E-state index is 0.226. The first-order valence-corrected chi connectivity index (χ1v) is 6.16. The molecule has 0 amide bonds. The number of fused-ring (bicyclic) bond motifs is 1. The van der Waals surface area contributed by atoms with E-state index in [1.54, 1.807) is 0 Å². The third-order valence-electron chi connectivity index (χ3n) is 3.59. The lowest BCUT2D eigenvalue weighted by Gasteiger charge is -2.28. The van der Waals surface area contributed by atoms with Gasteiger partial charge in [0.2, 0.25) is 0 Å². The number of benzene rings is 2. The minimum atomic E-state index is -0.616. The Balaban J connectivity index is 2.24. The fraction of sp³-hybridized carbons (Fsp3) is 0.188. The van der Waals surface area contributed by atoms with E-state index >= 15 is 0 Å². The highest BCUT2D eigenvalue weighted by Crippen LogP contribution is 2.43. The fourth-order valence-electron chi connectivity index (χ4n) is 2.67. The number of carbonyl (C=O) groups is 1. The van der Waals surface area contributed by atoms with Crippen molar-refractivity contribution in [2.24, 2.45) is 0 Å². The summed E-state index contributed by atoms with van der Waals surface area (Å²) < 4.78 is 5.72. The van der Waals surface area contributed by atoms with Gasteiger partial charge in [-0.05, 0) is 12.5 Å². The SMILES string of the molecule is CCC1(c2ccccc2)OC(=O)c2ccccc21. The average molecular weight is 238 g/mol. The van der Waals surface area contributed by atoms with Crippen LogP contribution in [0.15, 0.2) is 54.6 Å². The summed E-state index contributed by atoms with van der Waals surface area (Å²) >= 11 is 0. The molecule has 2 nitrogen and oxygen atoms in total. The summed E-state index contributed by atoms with van der Waals surface area (Å²) in [4.78, 5) is 12.0. The Labute approximate surface area is 106 Å². The van der Waals surface area contributed by atoms with Crippen molar-refractivity contribution in [2.45, 2.75) is 18.9 Å². The third-order valence-corrected chi connectivity index (χ3v) is 3.59. The molecule has 0 aliphatic carbocycles. The predicted octanol–water partition coefficient (Wildman–Crippen LogP) is 3.51. The number of hydrogen-bond donors (Lipinski definition) is 0. The molecule has 0 bridgehead atoms. The van der Waals surface area contributed by atoms with Gasteiger partial charge in [0, 0.05) is 11.1 Å². The van der Waals surface area contributed by atoms with Crippen molar-refractivity contribution in [3.63, 3.8) is 0 Å². The molecule has 1 atom stereocenters. The maximum Gasteiger partial charge on any atom is 0.339 e. The van der Waals surface area contributed by atoms with E-state index in [0.717, 1.165) is 17.5 Å². The molecule has 0 N–H and O–H groups in total. The number of rotatable bonds is 2. The monoisotopic (exact) mass is 238 g/mol. The zero-order valence-corrected chi connectivity index (χ0v) is 10.2. The largest absolute Gasteiger partial charge is 0.446 e. The molecule has 0 spiro atoms. The molecule has 1 unspecified atom stereocenters. The highest BCUT2D eigenvalue weighted by atomic mass is 16.6. The van der Waals surface area contributed by atoms with Crippen molar-refractivity contribution in [2.75, 3.05) is 0 Å². The van der Waals surface area contributed by atoms with Crippen LogP contribution >= 0.6 is 0 Å². The molecule has 0 radical (unpaired) electrons. The summed E-state index contributed by atoms with van der Waals surface area (Å²) in [6.45, 7) is 2.04. The summed E-state index contributed by atoms with van der Waals surface area (Å²) in [6, 6.07) is 17.6. The van der Waals surface area contributed by atoms with Gasteiger partial charge in [0.05, 0.1) is 5.56 Å². The van der Waals surface area contributed by atoms with E-state index in [2.05, 4.69) is 0 Å². The Kier molecular flexibility index (Phi) is 2.44. The Bertz CT molecular complexity index is 589. The van der Waals surface area contributed by atoms with Gasteiger partial charge >= 0.3 is 5.97 Å². The van der Waals surface area contributed by atoms with Crippen LogP contribution in [0.25, 0.3) is 0 Å². The molecule has 0 fully saturated rings. The van der Waals surface area contributed by atoms with Crippen LogP contribution in [0, 0.1) is 0 Å². The summed E-state index contributed by atoms with van der Waals surface area (Å²) in [5.74, 6) is -0.226. The second-order valence-corrected chi connectivity index (χ2v) is 4.48. The third kappa shape index (κ3) is 1.39. The summed E-state index contributed by atoms with van der Waals surface area (Å²) in [5.41, 5.74) is 2.08. The summed E-state index contributed by atoms with van der Waals surface area (Å²) in [7, 11) is 0. The maximum atomic E-state index is 12.0. The molecule has 2 aromatic rings. The van der Waals surface area contributed by atoms with E-state index in [-0.39, 0.29) is 5.97 Å². The van der Waals surface area contributed by atoms with Gasteiger partial charge in [-0.15, -0.1) is 0 Å². The fourth-order valence-corrected chi connectivity index (χ4v) is 2.67. The Morgan fingerprint density at radius 3 is 2.39 bits per heavy atom. The molecule has 0 aromatic heterocycles. The number of carbonyl (C=O) groups excluding carboxylic acids is 1. The van der Waals surface area contributed by atoms with E-state index in [1.165, 1.54) is 0 Å². The van der Waals surface area contributed by atoms with Gasteiger partial charge in [-0.25, -0.2) is 4.79 Å². The normalized spacial score (nSPS) is 21.5. The van der Waals surface area contributed by atoms with Gasteiger partial charge in [-0.2, -0.15) is 0 Å². The molecule has 3 rings (SSSR count). The summed E-state index contributed by atoms with van der Waals surface area (Å²) in [6.07, 6.45) is 0.736. The lowest BCUT2D eigenvalue weighted by atomic mass is 9.83. The van der Waals surface area contributed by atoms with Gasteiger partial charge < -0.3 is 4.74 Å². The number of cyclic esters (lactones) is 1. The zero-order valence-electron chi connectivity index (χ0n) is 10.2. The van der Waals surface area contributed by atoms with Crippen LogP contribution in [0.1, 0.15) is 34.8 Å². The van der Waals surface area contributed by atoms with E-state index in [4.69, 9.17) is 4.74 Å². The van der Waals surface area contributed by atoms with Crippen molar-refractivity contribution >= 4 is 5.97 Å². The van der Waals surface area contributed by atoms with E-state index in [0.29, 0.717) is 5.56 Å². The van der Waals surface area contributed by atoms with Crippen LogP contribution in [0.4, 0.5) is 0 Å². The number of esters is 1. The Hall–Kier alpha value is -2.09. The highest BCUT2D eigenvalue weighted by Gasteiger charge is 2.45. The van der Waals surface area contributed by atoms with Crippen LogP contribution in [-0.4, -0.2) is 5.97 Å². The molecule has 1 aliphatic heterocycles. The standard InChI is InChI=1S/C16H14O2/c1-2-16(12-8-4-3-5-9-12)14-11-7-6-10-13(14)15(17)18-16/h3-11H,2H2,1H3. The first-order chi connectivity index (χ1) is 8.78. The maximum absolute atomic E-state index is 12.0. The molecular formula is C16H14O2. The molecule has 1 heterocycles. The van der Waals surface area contributed by atoms with E-state index in [9.17, 15) is 4.79 Å². The van der Waals surface area contributed by atoms with Crippen LogP contribution in [0.3, 0.4) is 0 Å². The van der Waals surface area contributed by atoms with E-state index in [1.807, 2.05) is 61.5 Å². The number of hydrogen-bond acceptors (Lipinski definition) is 2. The van der Waals surface area contributed by atoms with Gasteiger partial charge in [-0.3, -0.25) is 0 Å². The number of ether oxygens (including phenoxy) is 1. The molecule has 0 saturated carbocycles. The van der Waals surface area contributed by atoms with Crippen molar-refractivity contribution in [1.82, 2.24) is 0 Å².